The lowest BCUT2D eigenvalue weighted by Gasteiger charge is -2.26. The van der Waals surface area contributed by atoms with Crippen LogP contribution < -0.4 is 10.1 Å². The Morgan fingerprint density at radius 3 is 2.66 bits per heavy atom. The number of aryl methyl sites for hydroxylation is 1. The van der Waals surface area contributed by atoms with Gasteiger partial charge in [0.05, 0.1) is 12.6 Å². The number of ether oxygens (including phenoxy) is 1. The summed E-state index contributed by atoms with van der Waals surface area (Å²) in [4.78, 5) is 7.29. The number of pyridine rings is 1. The van der Waals surface area contributed by atoms with Gasteiger partial charge in [-0.15, -0.1) is 0 Å². The fraction of sp³-hybridized carbons (Fsp3) is 0.375. The highest BCUT2D eigenvalue weighted by molar-refractivity contribution is 6.24. The van der Waals surface area contributed by atoms with Crippen LogP contribution in [0.25, 0.3) is 32.6 Å². The monoisotopic (exact) mass is 388 g/mol. The van der Waals surface area contributed by atoms with Gasteiger partial charge in [0.2, 0.25) is 0 Å². The van der Waals surface area contributed by atoms with Gasteiger partial charge in [0.1, 0.15) is 11.6 Å². The molecule has 4 aromatic rings. The molecule has 29 heavy (non-hydrogen) atoms. The van der Waals surface area contributed by atoms with Gasteiger partial charge < -0.3 is 19.5 Å². The van der Waals surface area contributed by atoms with Crippen LogP contribution in [0.5, 0.6) is 5.75 Å². The maximum absolute atomic E-state index is 5.76. The molecule has 0 bridgehead atoms. The Balaban J connectivity index is 1.64. The van der Waals surface area contributed by atoms with Gasteiger partial charge in [0, 0.05) is 59.5 Å². The first-order chi connectivity index (χ1) is 14.3. The second kappa shape index (κ2) is 7.56. The number of nitrogens with zero attached hydrogens (tertiary/aromatic N) is 3. The number of para-hydroxylation sites is 1. The van der Waals surface area contributed by atoms with E-state index >= 15 is 0 Å². The lowest BCUT2D eigenvalue weighted by atomic mass is 10.0. The van der Waals surface area contributed by atoms with E-state index in [1.807, 2.05) is 6.20 Å². The van der Waals surface area contributed by atoms with Crippen LogP contribution in [0.3, 0.4) is 0 Å². The minimum atomic E-state index is 0.889. The third-order valence-corrected chi connectivity index (χ3v) is 6.28. The van der Waals surface area contributed by atoms with Crippen molar-refractivity contribution < 1.29 is 4.74 Å². The third kappa shape index (κ3) is 3.10. The number of fused-ring (bicyclic) bond motifs is 5. The molecule has 2 aromatic heterocycles. The Bertz CT molecular complexity index is 1170. The molecule has 2 aromatic carbocycles. The fourth-order valence-electron chi connectivity index (χ4n) is 4.79. The zero-order valence-corrected chi connectivity index (χ0v) is 17.2. The molecule has 3 heterocycles. The second-order valence-corrected chi connectivity index (χ2v) is 7.96. The SMILES string of the molecule is COc1cc2c(c3ccccc3n2C)c2c(NCCN3CCCCC3)nccc12. The van der Waals surface area contributed by atoms with Crippen molar-refractivity contribution in [3.63, 3.8) is 0 Å². The summed E-state index contributed by atoms with van der Waals surface area (Å²) in [5, 5.41) is 8.39. The molecule has 1 aliphatic heterocycles. The highest BCUT2D eigenvalue weighted by atomic mass is 16.5. The Morgan fingerprint density at radius 2 is 1.83 bits per heavy atom. The van der Waals surface area contributed by atoms with Crippen LogP contribution in [0, 0.1) is 0 Å². The smallest absolute Gasteiger partial charge is 0.134 e. The van der Waals surface area contributed by atoms with Gasteiger partial charge in [0.25, 0.3) is 0 Å². The minimum Gasteiger partial charge on any atom is -0.496 e. The number of likely N-dealkylation sites (tertiary alicyclic amines) is 1. The van der Waals surface area contributed by atoms with Gasteiger partial charge in [-0.25, -0.2) is 4.98 Å². The third-order valence-electron chi connectivity index (χ3n) is 6.28. The average molecular weight is 389 g/mol. The molecule has 5 rings (SSSR count). The van der Waals surface area contributed by atoms with Crippen molar-refractivity contribution in [1.29, 1.82) is 0 Å². The van der Waals surface area contributed by atoms with E-state index in [1.54, 1.807) is 7.11 Å². The first kappa shape index (κ1) is 18.3. The summed E-state index contributed by atoms with van der Waals surface area (Å²) in [6.45, 7) is 4.38. The van der Waals surface area contributed by atoms with E-state index in [-0.39, 0.29) is 0 Å². The van der Waals surface area contributed by atoms with Crippen molar-refractivity contribution >= 4 is 38.4 Å². The summed E-state index contributed by atoms with van der Waals surface area (Å²) in [7, 11) is 3.86. The average Bonchev–Trinajstić information content (AvgIpc) is 3.06. The number of anilines is 1. The molecule has 5 heteroatoms. The van der Waals surface area contributed by atoms with Crippen molar-refractivity contribution in [3.8, 4) is 5.75 Å². The molecule has 0 amide bonds. The predicted molar refractivity (Wildman–Crippen MR) is 121 cm³/mol. The zero-order chi connectivity index (χ0) is 19.8. The van der Waals surface area contributed by atoms with Gasteiger partial charge >= 0.3 is 0 Å². The standard InChI is InChI=1S/C24H28N4O/c1-27-19-9-5-4-8-17(19)22-20(27)16-21(29-2)18-10-11-25-24(23(18)22)26-12-15-28-13-6-3-7-14-28/h4-5,8-11,16H,3,6-7,12-15H2,1-2H3,(H,25,26). The lowest BCUT2D eigenvalue weighted by molar-refractivity contribution is 0.237. The van der Waals surface area contributed by atoms with Crippen LogP contribution in [0.2, 0.25) is 0 Å². The maximum Gasteiger partial charge on any atom is 0.134 e. The maximum atomic E-state index is 5.76. The van der Waals surface area contributed by atoms with Gasteiger partial charge in [-0.1, -0.05) is 24.6 Å². The molecule has 0 aliphatic carbocycles. The number of hydrogen-bond acceptors (Lipinski definition) is 4. The van der Waals surface area contributed by atoms with E-state index in [0.717, 1.165) is 35.4 Å². The molecule has 1 saturated heterocycles. The molecule has 0 unspecified atom stereocenters. The number of piperidine rings is 1. The fourth-order valence-corrected chi connectivity index (χ4v) is 4.79. The Hall–Kier alpha value is -2.79. The van der Waals surface area contributed by atoms with Gasteiger partial charge in [0.15, 0.2) is 0 Å². The number of hydrogen-bond donors (Lipinski definition) is 1. The van der Waals surface area contributed by atoms with Crippen LogP contribution in [-0.2, 0) is 7.05 Å². The van der Waals surface area contributed by atoms with E-state index < -0.39 is 0 Å². The van der Waals surface area contributed by atoms with Crippen molar-refractivity contribution in [1.82, 2.24) is 14.5 Å². The van der Waals surface area contributed by atoms with Crippen LogP contribution in [-0.4, -0.2) is 47.7 Å². The highest BCUT2D eigenvalue weighted by Gasteiger charge is 2.18. The largest absolute Gasteiger partial charge is 0.496 e. The molecule has 1 aliphatic rings. The predicted octanol–water partition coefficient (Wildman–Crippen LogP) is 4.79. The van der Waals surface area contributed by atoms with Crippen LogP contribution >= 0.6 is 0 Å². The molecule has 0 saturated carbocycles. The van der Waals surface area contributed by atoms with Crippen molar-refractivity contribution in [2.45, 2.75) is 19.3 Å². The first-order valence-electron chi connectivity index (χ1n) is 10.6. The summed E-state index contributed by atoms with van der Waals surface area (Å²) in [6, 6.07) is 12.8. The van der Waals surface area contributed by atoms with E-state index in [4.69, 9.17) is 9.72 Å². The summed E-state index contributed by atoms with van der Waals surface area (Å²) < 4.78 is 8.01. The van der Waals surface area contributed by atoms with Crippen molar-refractivity contribution in [2.75, 3.05) is 38.6 Å². The lowest BCUT2D eigenvalue weighted by Crippen LogP contribution is -2.33. The molecule has 1 fully saturated rings. The minimum absolute atomic E-state index is 0.889. The molecular formula is C24H28N4O. The van der Waals surface area contributed by atoms with E-state index in [0.29, 0.717) is 0 Å². The molecule has 0 atom stereocenters. The van der Waals surface area contributed by atoms with Crippen LogP contribution in [0.15, 0.2) is 42.6 Å². The van der Waals surface area contributed by atoms with E-state index in [1.165, 1.54) is 54.2 Å². The zero-order valence-electron chi connectivity index (χ0n) is 17.2. The number of methoxy groups -OCH3 is 1. The molecule has 1 N–H and O–H groups in total. The highest BCUT2D eigenvalue weighted by Crippen LogP contribution is 2.41. The Kier molecular flexibility index (Phi) is 4.76. The summed E-state index contributed by atoms with van der Waals surface area (Å²) in [5.74, 6) is 1.83. The van der Waals surface area contributed by atoms with Gasteiger partial charge in [-0.3, -0.25) is 0 Å². The quantitative estimate of drug-likeness (QED) is 0.534. The van der Waals surface area contributed by atoms with Crippen molar-refractivity contribution in [3.05, 3.63) is 42.6 Å². The second-order valence-electron chi connectivity index (χ2n) is 7.96. The summed E-state index contributed by atoms with van der Waals surface area (Å²) >= 11 is 0. The van der Waals surface area contributed by atoms with Crippen molar-refractivity contribution in [2.24, 2.45) is 7.05 Å². The Morgan fingerprint density at radius 1 is 1.00 bits per heavy atom. The van der Waals surface area contributed by atoms with Gasteiger partial charge in [-0.2, -0.15) is 0 Å². The molecule has 0 radical (unpaired) electrons. The molecule has 0 spiro atoms. The normalized spacial score (nSPS) is 15.4. The number of rotatable bonds is 5. The van der Waals surface area contributed by atoms with Crippen LogP contribution in [0.4, 0.5) is 5.82 Å². The number of nitrogens with one attached hydrogen (secondary N) is 1. The van der Waals surface area contributed by atoms with E-state index in [2.05, 4.69) is 58.2 Å². The topological polar surface area (TPSA) is 42.3 Å². The summed E-state index contributed by atoms with van der Waals surface area (Å²) in [5.41, 5.74) is 2.39. The molecule has 5 nitrogen and oxygen atoms in total. The van der Waals surface area contributed by atoms with E-state index in [9.17, 15) is 0 Å². The first-order valence-corrected chi connectivity index (χ1v) is 10.6. The molecule has 150 valence electrons. The Labute approximate surface area is 171 Å². The number of benzene rings is 2. The molecular weight excluding hydrogens is 360 g/mol. The summed E-state index contributed by atoms with van der Waals surface area (Å²) in [6.07, 6.45) is 5.89. The van der Waals surface area contributed by atoms with Crippen LogP contribution in [0.1, 0.15) is 19.3 Å². The number of aromatic nitrogens is 2. The van der Waals surface area contributed by atoms with Gasteiger partial charge in [-0.05, 0) is 38.1 Å².